The molecule has 2 spiro atoms. The second kappa shape index (κ2) is 14.6. The Bertz CT molecular complexity index is 1800. The summed E-state index contributed by atoms with van der Waals surface area (Å²) in [7, 11) is -3.93. The number of halogens is 1. The number of aryl methyl sites for hydroxylation is 1. The molecule has 8 rings (SSSR count). The number of anilines is 1. The smallest absolute Gasteiger partial charge is 0.264 e. The number of fused-ring (bicyclic) bond motifs is 5. The highest BCUT2D eigenvalue weighted by molar-refractivity contribution is 7.90. The molecule has 282 valence electrons. The second-order valence-electron chi connectivity index (χ2n) is 17.1. The van der Waals surface area contributed by atoms with Crippen LogP contribution in [0.25, 0.3) is 0 Å². The van der Waals surface area contributed by atoms with E-state index in [0.29, 0.717) is 37.0 Å². The minimum atomic E-state index is -3.93. The number of sulfonamides is 1. The summed E-state index contributed by atoms with van der Waals surface area (Å²) in [6, 6.07) is 11.7. The van der Waals surface area contributed by atoms with E-state index in [9.17, 15) is 13.2 Å². The highest BCUT2D eigenvalue weighted by Gasteiger charge is 2.51. The number of hydrogen-bond donors (Lipinski definition) is 1. The van der Waals surface area contributed by atoms with Gasteiger partial charge in [0.15, 0.2) is 0 Å². The lowest BCUT2D eigenvalue weighted by Gasteiger charge is -2.54. The predicted molar refractivity (Wildman–Crippen MR) is 207 cm³/mol. The second-order valence-corrected chi connectivity index (χ2v) is 19.5. The number of amides is 1. The fraction of sp³-hybridized carbons (Fsp3) is 0.643. The number of benzene rings is 2. The SMILES string of the molecule is C[C@@H]1[C@@H](C)C/C=C\[C@]2(CN(CC3CCCCC3)CCO2)[C@@H]2CC[C@H]2CN2C[C@@]3(CCCc4cc(Cl)ccc43)COc3ccc(cc32)C(=O)NS1(=O)=O. The highest BCUT2D eigenvalue weighted by Crippen LogP contribution is 2.50. The maximum Gasteiger partial charge on any atom is 0.264 e. The quantitative estimate of drug-likeness (QED) is 0.318. The lowest BCUT2D eigenvalue weighted by Crippen LogP contribution is -2.60. The molecule has 2 bridgehead atoms. The highest BCUT2D eigenvalue weighted by atomic mass is 35.5. The fourth-order valence-corrected chi connectivity index (χ4v) is 11.9. The third kappa shape index (κ3) is 7.04. The van der Waals surface area contributed by atoms with Gasteiger partial charge in [-0.2, -0.15) is 0 Å². The van der Waals surface area contributed by atoms with E-state index in [1.165, 1.54) is 43.2 Å². The van der Waals surface area contributed by atoms with Crippen LogP contribution in [0.4, 0.5) is 5.69 Å². The minimum absolute atomic E-state index is 0.189. The van der Waals surface area contributed by atoms with Crippen LogP contribution in [-0.2, 0) is 26.6 Å². The van der Waals surface area contributed by atoms with Gasteiger partial charge in [0.1, 0.15) is 11.4 Å². The first-order valence-electron chi connectivity index (χ1n) is 19.9. The van der Waals surface area contributed by atoms with Gasteiger partial charge in [-0.25, -0.2) is 13.1 Å². The summed E-state index contributed by atoms with van der Waals surface area (Å²) < 4.78 is 43.3. The molecule has 0 aromatic heterocycles. The molecular formula is C42H56ClN3O5S. The third-order valence-electron chi connectivity index (χ3n) is 13.7. The van der Waals surface area contributed by atoms with E-state index in [2.05, 4.69) is 38.8 Å². The Balaban J connectivity index is 1.18. The van der Waals surface area contributed by atoms with E-state index in [0.717, 1.165) is 87.2 Å². The molecule has 3 heterocycles. The number of rotatable bonds is 2. The number of allylic oxidation sites excluding steroid dienone is 1. The Hall–Kier alpha value is -2.59. The Morgan fingerprint density at radius 1 is 1.00 bits per heavy atom. The molecule has 6 atom stereocenters. The van der Waals surface area contributed by atoms with Crippen molar-refractivity contribution in [2.45, 2.75) is 101 Å². The maximum atomic E-state index is 13.6. The normalized spacial score (nSPS) is 34.7. The average molecular weight is 750 g/mol. The van der Waals surface area contributed by atoms with Crippen molar-refractivity contribution in [3.63, 3.8) is 0 Å². The van der Waals surface area contributed by atoms with E-state index in [-0.39, 0.29) is 11.3 Å². The van der Waals surface area contributed by atoms with Crippen molar-refractivity contribution in [1.29, 1.82) is 0 Å². The van der Waals surface area contributed by atoms with E-state index in [1.54, 1.807) is 13.0 Å². The van der Waals surface area contributed by atoms with Crippen LogP contribution in [0.2, 0.25) is 5.02 Å². The van der Waals surface area contributed by atoms with Gasteiger partial charge in [0.25, 0.3) is 5.91 Å². The van der Waals surface area contributed by atoms with Gasteiger partial charge in [-0.15, -0.1) is 0 Å². The van der Waals surface area contributed by atoms with Crippen LogP contribution in [0.1, 0.15) is 99.5 Å². The molecule has 2 aromatic rings. The molecule has 0 radical (unpaired) electrons. The summed E-state index contributed by atoms with van der Waals surface area (Å²) in [5.41, 5.74) is 3.09. The number of nitrogens with zero attached hydrogens (tertiary/aromatic N) is 2. The summed E-state index contributed by atoms with van der Waals surface area (Å²) in [6.07, 6.45) is 17.0. The Labute approximate surface area is 315 Å². The van der Waals surface area contributed by atoms with E-state index in [4.69, 9.17) is 21.1 Å². The molecule has 3 fully saturated rings. The van der Waals surface area contributed by atoms with Gasteiger partial charge in [-0.05, 0) is 123 Å². The van der Waals surface area contributed by atoms with Crippen molar-refractivity contribution in [2.24, 2.45) is 23.7 Å². The van der Waals surface area contributed by atoms with Crippen LogP contribution in [0.3, 0.4) is 0 Å². The van der Waals surface area contributed by atoms with Crippen molar-refractivity contribution in [1.82, 2.24) is 9.62 Å². The molecule has 2 aromatic carbocycles. The molecule has 1 amide bonds. The zero-order valence-corrected chi connectivity index (χ0v) is 32.5. The average Bonchev–Trinajstić information content (AvgIpc) is 3.26. The van der Waals surface area contributed by atoms with Crippen LogP contribution in [-0.4, -0.2) is 76.0 Å². The number of carbonyl (C=O) groups is 1. The van der Waals surface area contributed by atoms with Crippen LogP contribution in [0.5, 0.6) is 5.75 Å². The van der Waals surface area contributed by atoms with Gasteiger partial charge in [0, 0.05) is 48.7 Å². The predicted octanol–water partition coefficient (Wildman–Crippen LogP) is 7.53. The van der Waals surface area contributed by atoms with Crippen LogP contribution in [0.15, 0.2) is 48.6 Å². The first kappa shape index (κ1) is 36.4. The van der Waals surface area contributed by atoms with Gasteiger partial charge in [-0.1, -0.05) is 56.0 Å². The number of nitrogens with one attached hydrogen (secondary N) is 1. The molecule has 6 aliphatic rings. The van der Waals surface area contributed by atoms with Gasteiger partial charge >= 0.3 is 0 Å². The molecule has 8 nitrogen and oxygen atoms in total. The number of ether oxygens (including phenoxy) is 2. The summed E-state index contributed by atoms with van der Waals surface area (Å²) >= 11 is 6.51. The van der Waals surface area contributed by atoms with Crippen molar-refractivity contribution >= 4 is 33.2 Å². The minimum Gasteiger partial charge on any atom is -0.490 e. The largest absolute Gasteiger partial charge is 0.490 e. The zero-order chi connectivity index (χ0) is 36.1. The van der Waals surface area contributed by atoms with E-state index in [1.807, 2.05) is 25.1 Å². The zero-order valence-electron chi connectivity index (χ0n) is 31.0. The van der Waals surface area contributed by atoms with Crippen LogP contribution >= 0.6 is 11.6 Å². The van der Waals surface area contributed by atoms with Gasteiger partial charge in [-0.3, -0.25) is 9.69 Å². The lowest BCUT2D eigenvalue weighted by atomic mass is 9.63. The van der Waals surface area contributed by atoms with Crippen LogP contribution in [0, 0.1) is 23.7 Å². The van der Waals surface area contributed by atoms with Crippen molar-refractivity contribution in [3.05, 3.63) is 70.3 Å². The maximum absolute atomic E-state index is 13.6. The molecule has 52 heavy (non-hydrogen) atoms. The van der Waals surface area contributed by atoms with Crippen molar-refractivity contribution in [3.8, 4) is 5.75 Å². The van der Waals surface area contributed by atoms with E-state index < -0.39 is 26.8 Å². The topological polar surface area (TPSA) is 88.2 Å². The van der Waals surface area contributed by atoms with Gasteiger partial charge < -0.3 is 14.4 Å². The lowest BCUT2D eigenvalue weighted by molar-refractivity contribution is -0.146. The Morgan fingerprint density at radius 3 is 2.65 bits per heavy atom. The summed E-state index contributed by atoms with van der Waals surface area (Å²) in [4.78, 5) is 18.8. The Kier molecular flexibility index (Phi) is 10.2. The summed E-state index contributed by atoms with van der Waals surface area (Å²) in [5.74, 6) is 1.41. The standard InChI is InChI=1S/C42H56ClN3O5S/c1-29-8-6-19-42(27-45(20-21-51-42)24-31-9-4-3-5-10-31)37-15-12-34(37)25-46-26-41(18-7-11-32-22-35(43)14-16-36(32)41)28-50-39-17-13-33(23-38(39)46)40(47)44-52(48,49)30(29)2/h6,13-14,16-17,19,22-23,29-31,34,37H,3-5,7-12,15,18,20-21,24-28H2,1-2H3,(H,44,47)/b19-6-/t29-,30+,34-,37+,41-,42-/m0/s1. The van der Waals surface area contributed by atoms with Gasteiger partial charge in [0.2, 0.25) is 10.0 Å². The summed E-state index contributed by atoms with van der Waals surface area (Å²) in [5, 5.41) is 0.00510. The number of hydrogen-bond acceptors (Lipinski definition) is 7. The molecule has 1 N–H and O–H groups in total. The first-order chi connectivity index (χ1) is 25.0. The van der Waals surface area contributed by atoms with Gasteiger partial charge in [0.05, 0.1) is 24.2 Å². The Morgan fingerprint density at radius 2 is 1.85 bits per heavy atom. The fourth-order valence-electron chi connectivity index (χ4n) is 10.4. The first-order valence-corrected chi connectivity index (χ1v) is 21.9. The van der Waals surface area contributed by atoms with Crippen molar-refractivity contribution < 1.29 is 22.7 Å². The third-order valence-corrected chi connectivity index (χ3v) is 15.9. The molecular weight excluding hydrogens is 694 g/mol. The molecule has 10 heteroatoms. The van der Waals surface area contributed by atoms with E-state index >= 15 is 0 Å². The monoisotopic (exact) mass is 749 g/mol. The molecule has 3 aliphatic carbocycles. The molecule has 2 saturated carbocycles. The molecule has 1 saturated heterocycles. The number of morpholine rings is 1. The molecule has 0 unspecified atom stereocenters. The van der Waals surface area contributed by atoms with Crippen LogP contribution < -0.4 is 14.4 Å². The summed E-state index contributed by atoms with van der Waals surface area (Å²) in [6.45, 7) is 9.42. The molecule has 3 aliphatic heterocycles. The van der Waals surface area contributed by atoms with Crippen molar-refractivity contribution in [2.75, 3.05) is 50.8 Å². The number of carbonyl (C=O) groups excluding carboxylic acids is 1.